The van der Waals surface area contributed by atoms with E-state index < -0.39 is 0 Å². The lowest BCUT2D eigenvalue weighted by molar-refractivity contribution is 0.149. The Morgan fingerprint density at radius 3 is 2.55 bits per heavy atom. The van der Waals surface area contributed by atoms with Crippen LogP contribution in [0.4, 0.5) is 0 Å². The average molecular weight is 303 g/mol. The average Bonchev–Trinajstić information content (AvgIpc) is 2.54. The van der Waals surface area contributed by atoms with Crippen molar-refractivity contribution in [1.29, 1.82) is 0 Å². The lowest BCUT2D eigenvalue weighted by Crippen LogP contribution is -2.47. The maximum atomic E-state index is 3.45. The molecule has 1 aromatic rings. The third kappa shape index (κ3) is 4.80. The highest BCUT2D eigenvalue weighted by molar-refractivity contribution is 5.32. The Morgan fingerprint density at radius 2 is 1.91 bits per heavy atom. The van der Waals surface area contributed by atoms with Crippen LogP contribution < -0.4 is 5.32 Å². The number of hydrogen-bond acceptors (Lipinski definition) is 3. The molecule has 1 unspecified atom stereocenters. The summed E-state index contributed by atoms with van der Waals surface area (Å²) in [6, 6.07) is 7.51. The van der Waals surface area contributed by atoms with Crippen LogP contribution in [-0.2, 0) is 0 Å². The number of nitrogens with zero attached hydrogens (tertiary/aromatic N) is 2. The van der Waals surface area contributed by atoms with Gasteiger partial charge in [0.15, 0.2) is 0 Å². The number of piperazine rings is 1. The van der Waals surface area contributed by atoms with Crippen molar-refractivity contribution in [3.8, 4) is 0 Å². The van der Waals surface area contributed by atoms with Crippen molar-refractivity contribution in [2.75, 3.05) is 46.3 Å². The van der Waals surface area contributed by atoms with Crippen molar-refractivity contribution in [3.05, 3.63) is 34.9 Å². The summed E-state index contributed by atoms with van der Waals surface area (Å²) in [5, 5.41) is 3.45. The summed E-state index contributed by atoms with van der Waals surface area (Å²) in [4.78, 5) is 5.16. The van der Waals surface area contributed by atoms with Gasteiger partial charge in [0.2, 0.25) is 0 Å². The standard InChI is InChI=1S/C19H33N3/c1-5-6-11-21(4)19(15-22-12-9-20-10-13-22)18-8-7-16(2)17(3)14-18/h7-8,14,19-20H,5-6,9-13,15H2,1-4H3. The van der Waals surface area contributed by atoms with E-state index in [1.165, 1.54) is 49.2 Å². The van der Waals surface area contributed by atoms with Gasteiger partial charge in [-0.05, 0) is 50.6 Å². The molecule has 0 radical (unpaired) electrons. The first-order chi connectivity index (χ1) is 10.6. The van der Waals surface area contributed by atoms with E-state index in [2.05, 4.69) is 61.1 Å². The van der Waals surface area contributed by atoms with Gasteiger partial charge in [-0.1, -0.05) is 31.5 Å². The fourth-order valence-corrected chi connectivity index (χ4v) is 3.17. The fourth-order valence-electron chi connectivity index (χ4n) is 3.17. The summed E-state index contributed by atoms with van der Waals surface area (Å²) in [6.07, 6.45) is 2.54. The van der Waals surface area contributed by atoms with Gasteiger partial charge in [0.1, 0.15) is 0 Å². The van der Waals surface area contributed by atoms with E-state index in [-0.39, 0.29) is 0 Å². The fraction of sp³-hybridized carbons (Fsp3) is 0.684. The van der Waals surface area contributed by atoms with Gasteiger partial charge in [0, 0.05) is 38.8 Å². The number of rotatable bonds is 7. The van der Waals surface area contributed by atoms with Gasteiger partial charge in [-0.25, -0.2) is 0 Å². The van der Waals surface area contributed by atoms with Crippen LogP contribution in [0.3, 0.4) is 0 Å². The molecule has 0 amide bonds. The third-order valence-electron chi connectivity index (χ3n) is 4.95. The Bertz CT molecular complexity index is 452. The van der Waals surface area contributed by atoms with Gasteiger partial charge >= 0.3 is 0 Å². The SMILES string of the molecule is CCCCN(C)C(CN1CCNCC1)c1ccc(C)c(C)c1. The minimum atomic E-state index is 0.504. The molecule has 124 valence electrons. The molecule has 1 heterocycles. The zero-order valence-corrected chi connectivity index (χ0v) is 14.9. The van der Waals surface area contributed by atoms with Crippen molar-refractivity contribution in [3.63, 3.8) is 0 Å². The van der Waals surface area contributed by atoms with Gasteiger partial charge in [0.05, 0.1) is 0 Å². The van der Waals surface area contributed by atoms with Crippen LogP contribution in [0.1, 0.15) is 42.5 Å². The first-order valence-corrected chi connectivity index (χ1v) is 8.82. The molecule has 22 heavy (non-hydrogen) atoms. The topological polar surface area (TPSA) is 18.5 Å². The molecule has 1 aliphatic rings. The van der Waals surface area contributed by atoms with Gasteiger partial charge in [-0.2, -0.15) is 0 Å². The summed E-state index contributed by atoms with van der Waals surface area (Å²) in [6.45, 7) is 13.6. The molecule has 1 atom stereocenters. The number of hydrogen-bond donors (Lipinski definition) is 1. The van der Waals surface area contributed by atoms with Gasteiger partial charge < -0.3 is 5.32 Å². The first-order valence-electron chi connectivity index (χ1n) is 8.82. The Labute approximate surface area is 136 Å². The van der Waals surface area contributed by atoms with Crippen LogP contribution in [0.2, 0.25) is 0 Å². The summed E-state index contributed by atoms with van der Waals surface area (Å²) < 4.78 is 0. The number of nitrogens with one attached hydrogen (secondary N) is 1. The van der Waals surface area contributed by atoms with Crippen LogP contribution in [0, 0.1) is 13.8 Å². The van der Waals surface area contributed by atoms with Crippen molar-refractivity contribution in [2.45, 2.75) is 39.7 Å². The van der Waals surface area contributed by atoms with Crippen molar-refractivity contribution < 1.29 is 0 Å². The summed E-state index contributed by atoms with van der Waals surface area (Å²) >= 11 is 0. The maximum absolute atomic E-state index is 3.45. The smallest absolute Gasteiger partial charge is 0.0472 e. The molecule has 0 saturated carbocycles. The highest BCUT2D eigenvalue weighted by Crippen LogP contribution is 2.24. The number of likely N-dealkylation sites (N-methyl/N-ethyl adjacent to an activating group) is 1. The van der Waals surface area contributed by atoms with E-state index in [9.17, 15) is 0 Å². The van der Waals surface area contributed by atoms with Crippen LogP contribution in [0.5, 0.6) is 0 Å². The monoisotopic (exact) mass is 303 g/mol. The molecule has 0 aromatic heterocycles. The van der Waals surface area contributed by atoms with E-state index in [0.717, 1.165) is 19.6 Å². The molecular weight excluding hydrogens is 270 g/mol. The zero-order chi connectivity index (χ0) is 15.9. The van der Waals surface area contributed by atoms with E-state index in [4.69, 9.17) is 0 Å². The second-order valence-corrected chi connectivity index (χ2v) is 6.74. The van der Waals surface area contributed by atoms with E-state index in [0.29, 0.717) is 6.04 Å². The van der Waals surface area contributed by atoms with Crippen molar-refractivity contribution >= 4 is 0 Å². The number of benzene rings is 1. The lowest BCUT2D eigenvalue weighted by Gasteiger charge is -2.36. The van der Waals surface area contributed by atoms with E-state index >= 15 is 0 Å². The van der Waals surface area contributed by atoms with E-state index in [1.807, 2.05) is 0 Å². The Balaban J connectivity index is 2.13. The third-order valence-corrected chi connectivity index (χ3v) is 4.95. The predicted octanol–water partition coefficient (Wildman–Crippen LogP) is 2.98. The zero-order valence-electron chi connectivity index (χ0n) is 14.9. The highest BCUT2D eigenvalue weighted by Gasteiger charge is 2.21. The van der Waals surface area contributed by atoms with Crippen LogP contribution in [-0.4, -0.2) is 56.1 Å². The van der Waals surface area contributed by atoms with Crippen molar-refractivity contribution in [1.82, 2.24) is 15.1 Å². The molecule has 1 N–H and O–H groups in total. The quantitative estimate of drug-likeness (QED) is 0.835. The molecule has 0 aliphatic carbocycles. The van der Waals surface area contributed by atoms with Crippen LogP contribution in [0.25, 0.3) is 0 Å². The molecule has 1 aromatic carbocycles. The number of unbranched alkanes of at least 4 members (excludes halogenated alkanes) is 1. The number of aryl methyl sites for hydroxylation is 2. The maximum Gasteiger partial charge on any atom is 0.0472 e. The molecule has 0 bridgehead atoms. The van der Waals surface area contributed by atoms with Gasteiger partial charge in [0.25, 0.3) is 0 Å². The van der Waals surface area contributed by atoms with E-state index in [1.54, 1.807) is 0 Å². The molecule has 2 rings (SSSR count). The summed E-state index contributed by atoms with van der Waals surface area (Å²) in [7, 11) is 2.29. The van der Waals surface area contributed by atoms with Gasteiger partial charge in [-0.3, -0.25) is 9.80 Å². The summed E-state index contributed by atoms with van der Waals surface area (Å²) in [5.74, 6) is 0. The highest BCUT2D eigenvalue weighted by atomic mass is 15.2. The Morgan fingerprint density at radius 1 is 1.18 bits per heavy atom. The Hall–Kier alpha value is -0.900. The minimum absolute atomic E-state index is 0.504. The molecule has 1 saturated heterocycles. The Kier molecular flexibility index (Phi) is 6.87. The molecule has 1 aliphatic heterocycles. The molecule has 1 fully saturated rings. The normalized spacial score (nSPS) is 17.9. The molecule has 3 heteroatoms. The van der Waals surface area contributed by atoms with Crippen LogP contribution in [0.15, 0.2) is 18.2 Å². The largest absolute Gasteiger partial charge is 0.314 e. The molecule has 0 spiro atoms. The van der Waals surface area contributed by atoms with Crippen LogP contribution >= 0.6 is 0 Å². The lowest BCUT2D eigenvalue weighted by atomic mass is 9.99. The minimum Gasteiger partial charge on any atom is -0.314 e. The first kappa shape index (κ1) is 17.5. The van der Waals surface area contributed by atoms with Crippen molar-refractivity contribution in [2.24, 2.45) is 0 Å². The molecule has 3 nitrogen and oxygen atoms in total. The molecular formula is C19H33N3. The second kappa shape index (κ2) is 8.66. The predicted molar refractivity (Wildman–Crippen MR) is 95.5 cm³/mol. The second-order valence-electron chi connectivity index (χ2n) is 6.74. The van der Waals surface area contributed by atoms with Gasteiger partial charge in [-0.15, -0.1) is 0 Å². The summed E-state index contributed by atoms with van der Waals surface area (Å²) in [5.41, 5.74) is 4.27.